The molecule has 164 valence electrons. The Bertz CT molecular complexity index is 531. The second-order valence-electron chi connectivity index (χ2n) is 8.53. The lowest BCUT2D eigenvalue weighted by molar-refractivity contribution is -0.151. The van der Waals surface area contributed by atoms with Gasteiger partial charge in [0.25, 0.3) is 0 Å². The minimum atomic E-state index is -1.23. The minimum absolute atomic E-state index is 0.165. The number of ether oxygens (including phenoxy) is 2. The highest BCUT2D eigenvalue weighted by Crippen LogP contribution is 2.16. The molecule has 0 aliphatic carbocycles. The van der Waals surface area contributed by atoms with E-state index >= 15 is 0 Å². The number of esters is 1. The summed E-state index contributed by atoms with van der Waals surface area (Å²) in [5, 5.41) is 8.38. The van der Waals surface area contributed by atoms with E-state index < -0.39 is 35.2 Å². The topological polar surface area (TPSA) is 132 Å². The van der Waals surface area contributed by atoms with Crippen LogP contribution in [0.3, 0.4) is 0 Å². The van der Waals surface area contributed by atoms with Crippen molar-refractivity contribution in [2.24, 2.45) is 11.7 Å². The van der Waals surface area contributed by atoms with Crippen LogP contribution in [-0.4, -0.2) is 55.0 Å². The molecule has 2 amide bonds. The minimum Gasteiger partial charge on any atom is -0.467 e. The number of rotatable bonds is 10. The Balaban J connectivity index is 5.16. The molecule has 0 aromatic carbocycles. The van der Waals surface area contributed by atoms with E-state index in [1.807, 2.05) is 6.92 Å². The fourth-order valence-corrected chi connectivity index (χ4v) is 2.53. The van der Waals surface area contributed by atoms with E-state index in [0.717, 1.165) is 0 Å². The van der Waals surface area contributed by atoms with Crippen molar-refractivity contribution in [2.75, 3.05) is 13.7 Å². The maximum absolute atomic E-state index is 12.8. The molecule has 28 heavy (non-hydrogen) atoms. The van der Waals surface area contributed by atoms with Crippen molar-refractivity contribution >= 4 is 18.0 Å². The third-order valence-corrected chi connectivity index (χ3v) is 3.98. The van der Waals surface area contributed by atoms with Crippen LogP contribution in [0.15, 0.2) is 0 Å². The molecule has 0 aromatic rings. The van der Waals surface area contributed by atoms with Crippen molar-refractivity contribution < 1.29 is 23.9 Å². The summed E-state index contributed by atoms with van der Waals surface area (Å²) in [6.45, 7) is 12.8. The van der Waals surface area contributed by atoms with Crippen molar-refractivity contribution in [3.8, 4) is 0 Å². The van der Waals surface area contributed by atoms with Gasteiger partial charge in [-0.05, 0) is 59.9 Å². The van der Waals surface area contributed by atoms with Crippen LogP contribution >= 0.6 is 0 Å². The Kier molecular flexibility index (Phi) is 10.5. The smallest absolute Gasteiger partial charge is 0.408 e. The lowest BCUT2D eigenvalue weighted by atomic mass is 9.93. The summed E-state index contributed by atoms with van der Waals surface area (Å²) in [7, 11) is 1.27. The van der Waals surface area contributed by atoms with Crippen LogP contribution in [0.4, 0.5) is 4.79 Å². The molecule has 0 spiro atoms. The second-order valence-corrected chi connectivity index (χ2v) is 8.53. The van der Waals surface area contributed by atoms with Crippen LogP contribution in [-0.2, 0) is 19.1 Å². The fourth-order valence-electron chi connectivity index (χ4n) is 2.53. The SMILES string of the molecule is COC(=O)C(C)(CCCNC(C)N)NC(=O)[C@@H](NC(=O)OC(C)(C)C)C(C)C. The van der Waals surface area contributed by atoms with Gasteiger partial charge >= 0.3 is 12.1 Å². The molecule has 9 nitrogen and oxygen atoms in total. The van der Waals surface area contributed by atoms with Crippen molar-refractivity contribution in [2.45, 2.75) is 84.7 Å². The van der Waals surface area contributed by atoms with Gasteiger partial charge in [0.1, 0.15) is 17.2 Å². The number of amides is 2. The van der Waals surface area contributed by atoms with Crippen LogP contribution in [0.2, 0.25) is 0 Å². The lowest BCUT2D eigenvalue weighted by Crippen LogP contribution is -2.59. The largest absolute Gasteiger partial charge is 0.467 e. The summed E-state index contributed by atoms with van der Waals surface area (Å²) in [6.07, 6.45) is 0.0892. The molecule has 0 aromatic heterocycles. The molecule has 0 fully saturated rings. The first-order chi connectivity index (χ1) is 12.7. The van der Waals surface area contributed by atoms with Gasteiger partial charge in [-0.15, -0.1) is 0 Å². The normalized spacial score (nSPS) is 15.9. The number of alkyl carbamates (subject to hydrolysis) is 1. The number of carbonyl (C=O) groups excluding carboxylic acids is 3. The second kappa shape index (κ2) is 11.2. The molecule has 2 unspecified atom stereocenters. The molecule has 0 saturated heterocycles. The van der Waals surface area contributed by atoms with Gasteiger partial charge in [0.05, 0.1) is 13.3 Å². The summed E-state index contributed by atoms with van der Waals surface area (Å²) in [4.78, 5) is 37.2. The van der Waals surface area contributed by atoms with Crippen LogP contribution in [0.25, 0.3) is 0 Å². The van der Waals surface area contributed by atoms with Crippen LogP contribution in [0, 0.1) is 5.92 Å². The van der Waals surface area contributed by atoms with Crippen LogP contribution in [0.1, 0.15) is 61.3 Å². The molecular formula is C19H38N4O5. The fraction of sp³-hybridized carbons (Fsp3) is 0.842. The van der Waals surface area contributed by atoms with Gasteiger partial charge in [-0.3, -0.25) is 4.79 Å². The first-order valence-corrected chi connectivity index (χ1v) is 9.60. The Hall–Kier alpha value is -1.87. The summed E-state index contributed by atoms with van der Waals surface area (Å²) in [5.74, 6) is -1.25. The number of nitrogens with two attached hydrogens (primary N) is 1. The predicted molar refractivity (Wildman–Crippen MR) is 107 cm³/mol. The zero-order valence-corrected chi connectivity index (χ0v) is 18.5. The molecule has 0 radical (unpaired) electrons. The number of hydrogen-bond donors (Lipinski definition) is 4. The molecule has 0 heterocycles. The summed E-state index contributed by atoms with van der Waals surface area (Å²) >= 11 is 0. The summed E-state index contributed by atoms with van der Waals surface area (Å²) in [6, 6.07) is -0.860. The maximum Gasteiger partial charge on any atom is 0.408 e. The standard InChI is InChI=1S/C19H38N4O5/c1-12(2)14(22-17(26)28-18(4,5)6)15(24)23-19(7,16(25)27-8)10-9-11-21-13(3)20/h12-14,21H,9-11,20H2,1-8H3,(H,22,26)(H,23,24)/t13?,14-,19?/m0/s1. The lowest BCUT2D eigenvalue weighted by Gasteiger charge is -2.32. The van der Waals surface area contributed by atoms with Crippen molar-refractivity contribution in [1.29, 1.82) is 0 Å². The third kappa shape index (κ3) is 9.89. The molecule has 5 N–H and O–H groups in total. The molecule has 0 rings (SSSR count). The average molecular weight is 403 g/mol. The van der Waals surface area contributed by atoms with Gasteiger partial charge in [0, 0.05) is 0 Å². The summed E-state index contributed by atoms with van der Waals surface area (Å²) < 4.78 is 10.1. The van der Waals surface area contributed by atoms with Gasteiger partial charge in [0.2, 0.25) is 5.91 Å². The molecule has 0 saturated carbocycles. The Morgan fingerprint density at radius 3 is 2.07 bits per heavy atom. The zero-order valence-electron chi connectivity index (χ0n) is 18.5. The molecule has 9 heteroatoms. The number of methoxy groups -OCH3 is 1. The van der Waals surface area contributed by atoms with Crippen LogP contribution < -0.4 is 21.7 Å². The third-order valence-electron chi connectivity index (χ3n) is 3.98. The highest BCUT2D eigenvalue weighted by Gasteiger charge is 2.38. The average Bonchev–Trinajstić information content (AvgIpc) is 2.53. The molecule has 0 bridgehead atoms. The maximum atomic E-state index is 12.8. The highest BCUT2D eigenvalue weighted by molar-refractivity contribution is 5.91. The van der Waals surface area contributed by atoms with Gasteiger partial charge in [-0.1, -0.05) is 13.8 Å². The van der Waals surface area contributed by atoms with E-state index in [2.05, 4.69) is 16.0 Å². The molecule has 0 aliphatic rings. The van der Waals surface area contributed by atoms with Crippen molar-refractivity contribution in [1.82, 2.24) is 16.0 Å². The van der Waals surface area contributed by atoms with E-state index in [-0.39, 0.29) is 12.1 Å². The first kappa shape index (κ1) is 26.1. The number of hydrogen-bond acceptors (Lipinski definition) is 7. The van der Waals surface area contributed by atoms with E-state index in [1.165, 1.54) is 7.11 Å². The van der Waals surface area contributed by atoms with Gasteiger partial charge in [-0.25, -0.2) is 9.59 Å². The van der Waals surface area contributed by atoms with E-state index in [4.69, 9.17) is 15.2 Å². The van der Waals surface area contributed by atoms with Crippen LogP contribution in [0.5, 0.6) is 0 Å². The monoisotopic (exact) mass is 402 g/mol. The predicted octanol–water partition coefficient (Wildman–Crippen LogP) is 1.26. The van der Waals surface area contributed by atoms with E-state index in [0.29, 0.717) is 19.4 Å². The first-order valence-electron chi connectivity index (χ1n) is 9.60. The Labute approximate surface area is 168 Å². The zero-order chi connectivity index (χ0) is 22.1. The van der Waals surface area contributed by atoms with Gasteiger partial charge < -0.3 is 31.2 Å². The summed E-state index contributed by atoms with van der Waals surface area (Å²) in [5.41, 5.74) is 3.73. The molecule has 3 atom stereocenters. The van der Waals surface area contributed by atoms with Gasteiger partial charge in [-0.2, -0.15) is 0 Å². The van der Waals surface area contributed by atoms with E-state index in [9.17, 15) is 14.4 Å². The Morgan fingerprint density at radius 1 is 1.07 bits per heavy atom. The quantitative estimate of drug-likeness (QED) is 0.246. The molecular weight excluding hydrogens is 364 g/mol. The Morgan fingerprint density at radius 2 is 1.64 bits per heavy atom. The molecule has 0 aliphatic heterocycles. The highest BCUT2D eigenvalue weighted by atomic mass is 16.6. The van der Waals surface area contributed by atoms with Crippen molar-refractivity contribution in [3.63, 3.8) is 0 Å². The van der Waals surface area contributed by atoms with E-state index in [1.54, 1.807) is 41.5 Å². The van der Waals surface area contributed by atoms with Gasteiger partial charge in [0.15, 0.2) is 0 Å². The number of carbonyl (C=O) groups is 3. The number of nitrogens with one attached hydrogen (secondary N) is 3. The van der Waals surface area contributed by atoms with Crippen molar-refractivity contribution in [3.05, 3.63) is 0 Å².